The van der Waals surface area contributed by atoms with Crippen molar-refractivity contribution in [3.8, 4) is 0 Å². The summed E-state index contributed by atoms with van der Waals surface area (Å²) >= 11 is 6.14. The number of pyridine rings is 1. The topological polar surface area (TPSA) is 83.6 Å². The van der Waals surface area contributed by atoms with Gasteiger partial charge in [-0.15, -0.1) is 0 Å². The molecule has 1 atom stereocenters. The number of nitrogens with zero attached hydrogens (tertiary/aromatic N) is 2. The quantitative estimate of drug-likeness (QED) is 0.662. The number of carbonyl (C=O) groups is 2. The minimum absolute atomic E-state index is 0.0277. The van der Waals surface area contributed by atoms with Crippen molar-refractivity contribution in [1.29, 1.82) is 0 Å². The van der Waals surface area contributed by atoms with Gasteiger partial charge in [-0.05, 0) is 48.9 Å². The van der Waals surface area contributed by atoms with Gasteiger partial charge in [0.05, 0.1) is 17.5 Å². The SMILES string of the molecule is Cc1ccc(Cl)cc1N1C(=O)C(O)=C(C(=O)c2ccco2)C1c1ccccn1. The number of hydrogen-bond acceptors (Lipinski definition) is 5. The highest BCUT2D eigenvalue weighted by Crippen LogP contribution is 2.42. The maximum Gasteiger partial charge on any atom is 0.294 e. The fourth-order valence-electron chi connectivity index (χ4n) is 3.29. The molecule has 0 saturated heterocycles. The van der Waals surface area contributed by atoms with Crippen LogP contribution in [0.1, 0.15) is 27.9 Å². The summed E-state index contributed by atoms with van der Waals surface area (Å²) < 4.78 is 5.19. The van der Waals surface area contributed by atoms with Crippen LogP contribution in [0.5, 0.6) is 0 Å². The van der Waals surface area contributed by atoms with E-state index >= 15 is 0 Å². The first kappa shape index (κ1) is 18.0. The summed E-state index contributed by atoms with van der Waals surface area (Å²) in [5, 5.41) is 11.0. The van der Waals surface area contributed by atoms with Gasteiger partial charge in [-0.25, -0.2) is 0 Å². The number of aliphatic hydroxyl groups excluding tert-OH is 1. The second-order valence-corrected chi connectivity index (χ2v) is 6.77. The number of aliphatic hydroxyl groups is 1. The highest BCUT2D eigenvalue weighted by molar-refractivity contribution is 6.31. The number of Topliss-reactive ketones (excluding diaryl/α,β-unsaturated/α-hetero) is 1. The molecule has 1 aliphatic rings. The van der Waals surface area contributed by atoms with Gasteiger partial charge in [0.25, 0.3) is 5.91 Å². The third-order valence-electron chi connectivity index (χ3n) is 4.60. The standard InChI is InChI=1S/C21H15ClN2O4/c1-12-7-8-13(22)11-15(12)24-18(14-5-2-3-9-23-14)17(20(26)21(24)27)19(25)16-6-4-10-28-16/h2-11,18,26H,1H3. The van der Waals surface area contributed by atoms with Gasteiger partial charge in [0.2, 0.25) is 5.78 Å². The first-order chi connectivity index (χ1) is 13.5. The molecule has 3 aromatic rings. The number of aromatic nitrogens is 1. The summed E-state index contributed by atoms with van der Waals surface area (Å²) in [4.78, 5) is 31.7. The lowest BCUT2D eigenvalue weighted by Gasteiger charge is -2.27. The van der Waals surface area contributed by atoms with E-state index in [0.29, 0.717) is 16.4 Å². The minimum Gasteiger partial charge on any atom is -0.503 e. The first-order valence-electron chi connectivity index (χ1n) is 8.51. The van der Waals surface area contributed by atoms with Crippen LogP contribution in [0.15, 0.2) is 76.7 Å². The molecule has 28 heavy (non-hydrogen) atoms. The molecule has 2 aromatic heterocycles. The van der Waals surface area contributed by atoms with Crippen molar-refractivity contribution in [3.63, 3.8) is 0 Å². The Hall–Kier alpha value is -3.38. The second-order valence-electron chi connectivity index (χ2n) is 6.33. The summed E-state index contributed by atoms with van der Waals surface area (Å²) in [5.41, 5.74) is 1.60. The van der Waals surface area contributed by atoms with Crippen LogP contribution in [-0.4, -0.2) is 21.8 Å². The van der Waals surface area contributed by atoms with E-state index in [2.05, 4.69) is 4.98 Å². The lowest BCUT2D eigenvalue weighted by atomic mass is 9.98. The van der Waals surface area contributed by atoms with Crippen LogP contribution in [0.4, 0.5) is 5.69 Å². The van der Waals surface area contributed by atoms with Crippen LogP contribution in [0.2, 0.25) is 5.02 Å². The van der Waals surface area contributed by atoms with Crippen molar-refractivity contribution < 1.29 is 19.1 Å². The molecule has 0 spiro atoms. The first-order valence-corrected chi connectivity index (χ1v) is 8.89. The fraction of sp³-hybridized carbons (Fsp3) is 0.0952. The minimum atomic E-state index is -0.913. The zero-order valence-corrected chi connectivity index (χ0v) is 15.6. The van der Waals surface area contributed by atoms with Crippen LogP contribution >= 0.6 is 11.6 Å². The van der Waals surface area contributed by atoms with Gasteiger partial charge in [0.15, 0.2) is 11.5 Å². The Labute approximate surface area is 165 Å². The van der Waals surface area contributed by atoms with E-state index in [-0.39, 0.29) is 11.3 Å². The molecule has 1 unspecified atom stereocenters. The molecule has 140 valence electrons. The summed E-state index contributed by atoms with van der Waals surface area (Å²) in [6.07, 6.45) is 2.92. The van der Waals surface area contributed by atoms with E-state index in [0.717, 1.165) is 5.56 Å². The molecule has 1 aliphatic heterocycles. The number of carbonyl (C=O) groups excluding carboxylic acids is 2. The van der Waals surface area contributed by atoms with Crippen LogP contribution in [-0.2, 0) is 4.79 Å². The van der Waals surface area contributed by atoms with E-state index in [1.807, 2.05) is 6.92 Å². The number of benzene rings is 1. The predicted octanol–water partition coefficient (Wildman–Crippen LogP) is 4.42. The molecular weight excluding hydrogens is 380 g/mol. The number of halogens is 1. The third-order valence-corrected chi connectivity index (χ3v) is 4.83. The Kier molecular flexibility index (Phi) is 4.49. The normalized spacial score (nSPS) is 16.7. The maximum atomic E-state index is 13.0. The highest BCUT2D eigenvalue weighted by Gasteiger charge is 2.46. The van der Waals surface area contributed by atoms with Crippen molar-refractivity contribution in [2.24, 2.45) is 0 Å². The Morgan fingerprint density at radius 1 is 1.21 bits per heavy atom. The van der Waals surface area contributed by atoms with E-state index in [1.165, 1.54) is 17.2 Å². The van der Waals surface area contributed by atoms with Gasteiger partial charge in [0.1, 0.15) is 6.04 Å². The molecule has 0 aliphatic carbocycles. The molecule has 0 bridgehead atoms. The van der Waals surface area contributed by atoms with E-state index in [9.17, 15) is 14.7 Å². The van der Waals surface area contributed by atoms with E-state index < -0.39 is 23.5 Å². The smallest absolute Gasteiger partial charge is 0.294 e. The Morgan fingerprint density at radius 3 is 2.71 bits per heavy atom. The molecule has 1 N–H and O–H groups in total. The molecule has 7 heteroatoms. The molecule has 0 fully saturated rings. The predicted molar refractivity (Wildman–Crippen MR) is 103 cm³/mol. The van der Waals surface area contributed by atoms with Gasteiger partial charge in [-0.3, -0.25) is 19.5 Å². The van der Waals surface area contributed by atoms with Crippen molar-refractivity contribution in [3.05, 3.63) is 94.4 Å². The number of amides is 1. The van der Waals surface area contributed by atoms with Crippen molar-refractivity contribution in [1.82, 2.24) is 4.98 Å². The number of furan rings is 1. The highest BCUT2D eigenvalue weighted by atomic mass is 35.5. The van der Waals surface area contributed by atoms with Crippen LogP contribution in [0.3, 0.4) is 0 Å². The number of rotatable bonds is 4. The molecule has 1 aromatic carbocycles. The average molecular weight is 395 g/mol. The van der Waals surface area contributed by atoms with E-state index in [4.69, 9.17) is 16.0 Å². The lowest BCUT2D eigenvalue weighted by Crippen LogP contribution is -2.32. The van der Waals surface area contributed by atoms with Gasteiger partial charge < -0.3 is 9.52 Å². The largest absolute Gasteiger partial charge is 0.503 e. The Balaban J connectivity index is 1.92. The number of anilines is 1. The molecule has 0 radical (unpaired) electrons. The summed E-state index contributed by atoms with van der Waals surface area (Å²) in [6.45, 7) is 1.82. The van der Waals surface area contributed by atoms with Crippen molar-refractivity contribution in [2.75, 3.05) is 4.90 Å². The Morgan fingerprint density at radius 2 is 2.04 bits per heavy atom. The molecule has 3 heterocycles. The molecule has 0 saturated carbocycles. The van der Waals surface area contributed by atoms with Crippen molar-refractivity contribution in [2.45, 2.75) is 13.0 Å². The monoisotopic (exact) mass is 394 g/mol. The van der Waals surface area contributed by atoms with Crippen LogP contribution in [0, 0.1) is 6.92 Å². The summed E-state index contributed by atoms with van der Waals surface area (Å²) in [7, 11) is 0. The van der Waals surface area contributed by atoms with Gasteiger partial charge in [0, 0.05) is 16.9 Å². The van der Waals surface area contributed by atoms with Crippen LogP contribution in [0.25, 0.3) is 0 Å². The van der Waals surface area contributed by atoms with Crippen molar-refractivity contribution >= 4 is 29.0 Å². The molecule has 6 nitrogen and oxygen atoms in total. The summed E-state index contributed by atoms with van der Waals surface area (Å²) in [6, 6.07) is 12.4. The van der Waals surface area contributed by atoms with E-state index in [1.54, 1.807) is 48.7 Å². The average Bonchev–Trinajstić information content (AvgIpc) is 3.32. The Bertz CT molecular complexity index is 1090. The number of ketones is 1. The van der Waals surface area contributed by atoms with Crippen LogP contribution < -0.4 is 4.90 Å². The molecule has 4 rings (SSSR count). The number of aryl methyl sites for hydroxylation is 1. The second kappa shape index (κ2) is 6.98. The van der Waals surface area contributed by atoms with Gasteiger partial charge in [-0.2, -0.15) is 0 Å². The maximum absolute atomic E-state index is 13.0. The zero-order valence-electron chi connectivity index (χ0n) is 14.8. The molecular formula is C21H15ClN2O4. The number of hydrogen-bond donors (Lipinski definition) is 1. The lowest BCUT2D eigenvalue weighted by molar-refractivity contribution is -0.117. The van der Waals surface area contributed by atoms with Gasteiger partial charge >= 0.3 is 0 Å². The third kappa shape index (κ3) is 2.88. The summed E-state index contributed by atoms with van der Waals surface area (Å²) in [5.74, 6) is -1.87. The molecule has 1 amide bonds. The van der Waals surface area contributed by atoms with Gasteiger partial charge in [-0.1, -0.05) is 23.7 Å². The fourth-order valence-corrected chi connectivity index (χ4v) is 3.45. The zero-order chi connectivity index (χ0) is 19.8.